The molecule has 0 aliphatic carbocycles. The van der Waals surface area contributed by atoms with Gasteiger partial charge in [0.15, 0.2) is 0 Å². The average molecular weight is 268 g/mol. The Hall–Kier alpha value is -2.18. The lowest BCUT2D eigenvalue weighted by molar-refractivity contribution is 0.543. The van der Waals surface area contributed by atoms with Gasteiger partial charge in [0.1, 0.15) is 11.9 Å². The fourth-order valence-electron chi connectivity index (χ4n) is 2.04. The Balaban J connectivity index is 2.05. The van der Waals surface area contributed by atoms with E-state index in [2.05, 4.69) is 29.6 Å². The number of rotatable bonds is 4. The fourth-order valence-corrected chi connectivity index (χ4v) is 2.04. The number of nitrogens with zero attached hydrogens (tertiary/aromatic N) is 1. The van der Waals surface area contributed by atoms with Gasteiger partial charge in [0.05, 0.1) is 5.56 Å². The number of hydrogen-bond donors (Lipinski definition) is 1. The molecule has 2 aromatic carbocycles. The second-order valence-corrected chi connectivity index (χ2v) is 4.90. The molecule has 0 amide bonds. The monoisotopic (exact) mass is 268 g/mol. The zero-order chi connectivity index (χ0) is 14.5. The van der Waals surface area contributed by atoms with Gasteiger partial charge in [0.2, 0.25) is 0 Å². The van der Waals surface area contributed by atoms with E-state index in [-0.39, 0.29) is 11.6 Å². The van der Waals surface area contributed by atoms with Gasteiger partial charge in [-0.05, 0) is 25.5 Å². The highest BCUT2D eigenvalue weighted by Gasteiger charge is 2.09. The van der Waals surface area contributed by atoms with Crippen LogP contribution in [0.2, 0.25) is 0 Å². The van der Waals surface area contributed by atoms with Crippen LogP contribution in [-0.2, 0) is 6.54 Å². The molecule has 2 aromatic rings. The van der Waals surface area contributed by atoms with Crippen molar-refractivity contribution in [3.05, 3.63) is 70.5 Å². The van der Waals surface area contributed by atoms with Crippen LogP contribution in [0.3, 0.4) is 0 Å². The van der Waals surface area contributed by atoms with Gasteiger partial charge in [-0.25, -0.2) is 4.39 Å². The van der Waals surface area contributed by atoms with E-state index < -0.39 is 5.82 Å². The molecule has 1 atom stereocenters. The normalized spacial score (nSPS) is 11.9. The SMILES string of the molecule is Cc1ccc([C@H](C)NCc2cccc(C#N)c2F)cc1. The number of aryl methyl sites for hydroxylation is 1. The minimum absolute atomic E-state index is 0.0901. The number of hydrogen-bond acceptors (Lipinski definition) is 2. The molecule has 3 heteroatoms. The third kappa shape index (κ3) is 3.23. The Bertz CT molecular complexity index is 626. The van der Waals surface area contributed by atoms with Gasteiger partial charge in [-0.1, -0.05) is 42.0 Å². The maximum absolute atomic E-state index is 13.9. The van der Waals surface area contributed by atoms with Crippen molar-refractivity contribution < 1.29 is 4.39 Å². The molecule has 0 spiro atoms. The minimum atomic E-state index is -0.432. The summed E-state index contributed by atoms with van der Waals surface area (Å²) in [4.78, 5) is 0. The molecule has 0 aromatic heterocycles. The Morgan fingerprint density at radius 2 is 1.90 bits per heavy atom. The van der Waals surface area contributed by atoms with Crippen molar-refractivity contribution in [3.63, 3.8) is 0 Å². The van der Waals surface area contributed by atoms with Crippen LogP contribution in [-0.4, -0.2) is 0 Å². The largest absolute Gasteiger partial charge is 0.306 e. The van der Waals surface area contributed by atoms with Gasteiger partial charge in [-0.3, -0.25) is 0 Å². The molecule has 1 N–H and O–H groups in total. The van der Waals surface area contributed by atoms with Crippen LogP contribution in [0, 0.1) is 24.1 Å². The van der Waals surface area contributed by atoms with Crippen molar-refractivity contribution in [1.82, 2.24) is 5.32 Å². The van der Waals surface area contributed by atoms with E-state index in [1.54, 1.807) is 12.1 Å². The second-order valence-electron chi connectivity index (χ2n) is 4.90. The van der Waals surface area contributed by atoms with Crippen LogP contribution in [0.1, 0.15) is 35.2 Å². The molecule has 0 bridgehead atoms. The summed E-state index contributed by atoms with van der Waals surface area (Å²) < 4.78 is 13.9. The molecule has 0 saturated carbocycles. The summed E-state index contributed by atoms with van der Waals surface area (Å²) >= 11 is 0. The third-order valence-electron chi connectivity index (χ3n) is 3.38. The molecule has 0 radical (unpaired) electrons. The molecule has 102 valence electrons. The molecule has 0 aliphatic heterocycles. The standard InChI is InChI=1S/C17H17FN2/c1-12-6-8-14(9-7-12)13(2)20-11-16-5-3-4-15(10-19)17(16)18/h3-9,13,20H,11H2,1-2H3/t13-/m0/s1. The van der Waals surface area contributed by atoms with Crippen molar-refractivity contribution in [2.45, 2.75) is 26.4 Å². The van der Waals surface area contributed by atoms with Crippen molar-refractivity contribution in [2.24, 2.45) is 0 Å². The third-order valence-corrected chi connectivity index (χ3v) is 3.38. The Kier molecular flexibility index (Phi) is 4.49. The van der Waals surface area contributed by atoms with Crippen LogP contribution in [0.4, 0.5) is 4.39 Å². The molecule has 0 saturated heterocycles. The van der Waals surface area contributed by atoms with E-state index in [4.69, 9.17) is 5.26 Å². The van der Waals surface area contributed by atoms with Gasteiger partial charge in [-0.2, -0.15) is 5.26 Å². The molecular formula is C17H17FN2. The van der Waals surface area contributed by atoms with Crippen molar-refractivity contribution in [2.75, 3.05) is 0 Å². The van der Waals surface area contributed by atoms with Crippen LogP contribution >= 0.6 is 0 Å². The zero-order valence-electron chi connectivity index (χ0n) is 11.7. The summed E-state index contributed by atoms with van der Waals surface area (Å²) in [6.45, 7) is 4.48. The summed E-state index contributed by atoms with van der Waals surface area (Å²) in [5.74, 6) is -0.432. The Morgan fingerprint density at radius 3 is 2.55 bits per heavy atom. The maximum Gasteiger partial charge on any atom is 0.145 e. The second kappa shape index (κ2) is 6.31. The lowest BCUT2D eigenvalue weighted by Crippen LogP contribution is -2.19. The average Bonchev–Trinajstić information content (AvgIpc) is 2.46. The molecule has 0 heterocycles. The number of nitrogens with one attached hydrogen (secondary N) is 1. The minimum Gasteiger partial charge on any atom is -0.306 e. The van der Waals surface area contributed by atoms with Gasteiger partial charge < -0.3 is 5.32 Å². The van der Waals surface area contributed by atoms with Crippen LogP contribution in [0.15, 0.2) is 42.5 Å². The summed E-state index contributed by atoms with van der Waals surface area (Å²) in [7, 11) is 0. The van der Waals surface area contributed by atoms with Gasteiger partial charge in [0, 0.05) is 18.2 Å². The lowest BCUT2D eigenvalue weighted by Gasteiger charge is -2.15. The Labute approximate surface area is 118 Å². The Morgan fingerprint density at radius 1 is 1.20 bits per heavy atom. The molecule has 2 rings (SSSR count). The highest BCUT2D eigenvalue weighted by molar-refractivity contribution is 5.35. The zero-order valence-corrected chi connectivity index (χ0v) is 11.7. The van der Waals surface area contributed by atoms with Gasteiger partial charge in [-0.15, -0.1) is 0 Å². The fraction of sp³-hybridized carbons (Fsp3) is 0.235. The predicted molar refractivity (Wildman–Crippen MR) is 77.5 cm³/mol. The van der Waals surface area contributed by atoms with Crippen LogP contribution in [0.5, 0.6) is 0 Å². The number of halogens is 1. The summed E-state index contributed by atoms with van der Waals surface area (Å²) in [6, 6.07) is 15.1. The summed E-state index contributed by atoms with van der Waals surface area (Å²) in [6.07, 6.45) is 0. The highest BCUT2D eigenvalue weighted by Crippen LogP contribution is 2.16. The predicted octanol–water partition coefficient (Wildman–Crippen LogP) is 3.86. The summed E-state index contributed by atoms with van der Waals surface area (Å²) in [5, 5.41) is 12.1. The molecule has 2 nitrogen and oxygen atoms in total. The first kappa shape index (κ1) is 14.2. The van der Waals surface area contributed by atoms with Crippen molar-refractivity contribution >= 4 is 0 Å². The first-order chi connectivity index (χ1) is 9.61. The van der Waals surface area contributed by atoms with E-state index >= 15 is 0 Å². The maximum atomic E-state index is 13.9. The smallest absolute Gasteiger partial charge is 0.145 e. The molecule has 0 fully saturated rings. The van der Waals surface area contributed by atoms with E-state index in [0.717, 1.165) is 5.56 Å². The summed E-state index contributed by atoms with van der Waals surface area (Å²) in [5.41, 5.74) is 2.98. The van der Waals surface area contributed by atoms with Crippen molar-refractivity contribution in [3.8, 4) is 6.07 Å². The quantitative estimate of drug-likeness (QED) is 0.914. The van der Waals surface area contributed by atoms with E-state index in [0.29, 0.717) is 12.1 Å². The van der Waals surface area contributed by atoms with Gasteiger partial charge in [0.25, 0.3) is 0 Å². The molecule has 0 aliphatic rings. The van der Waals surface area contributed by atoms with E-state index in [1.807, 2.05) is 19.9 Å². The molecule has 0 unspecified atom stereocenters. The van der Waals surface area contributed by atoms with Crippen LogP contribution in [0.25, 0.3) is 0 Å². The molecular weight excluding hydrogens is 251 g/mol. The highest BCUT2D eigenvalue weighted by atomic mass is 19.1. The first-order valence-electron chi connectivity index (χ1n) is 6.59. The number of benzene rings is 2. The van der Waals surface area contributed by atoms with E-state index in [1.165, 1.54) is 11.6 Å². The van der Waals surface area contributed by atoms with E-state index in [9.17, 15) is 4.39 Å². The topological polar surface area (TPSA) is 35.8 Å². The lowest BCUT2D eigenvalue weighted by atomic mass is 10.1. The van der Waals surface area contributed by atoms with Crippen molar-refractivity contribution in [1.29, 1.82) is 5.26 Å². The first-order valence-corrected chi connectivity index (χ1v) is 6.59. The molecule has 20 heavy (non-hydrogen) atoms. The van der Waals surface area contributed by atoms with Gasteiger partial charge >= 0.3 is 0 Å². The number of nitriles is 1. The van der Waals surface area contributed by atoms with Crippen LogP contribution < -0.4 is 5.32 Å².